The van der Waals surface area contributed by atoms with Gasteiger partial charge in [0.2, 0.25) is 10.0 Å². The lowest BCUT2D eigenvalue weighted by molar-refractivity contribution is 0.182. The molecule has 0 spiro atoms. The molecule has 0 N–H and O–H groups in total. The monoisotopic (exact) mass is 384 g/mol. The Kier molecular flexibility index (Phi) is 5.69. The molecule has 1 aliphatic rings. The van der Waals surface area contributed by atoms with Gasteiger partial charge in [0.15, 0.2) is 4.90 Å². The summed E-state index contributed by atoms with van der Waals surface area (Å²) in [6, 6.07) is 3.08. The SMILES string of the molecule is CCc1nccn1CCN1CCN(S(=O)(=O)c2c(F)cccc2F)CC1. The first-order valence-electron chi connectivity index (χ1n) is 8.60. The number of aryl methyl sites for hydroxylation is 1. The normalized spacial score (nSPS) is 16.9. The van der Waals surface area contributed by atoms with E-state index in [9.17, 15) is 17.2 Å². The van der Waals surface area contributed by atoms with Crippen LogP contribution in [-0.4, -0.2) is 59.9 Å². The van der Waals surface area contributed by atoms with Crippen LogP contribution in [0, 0.1) is 11.6 Å². The Labute approximate surface area is 152 Å². The number of imidazole rings is 1. The van der Waals surface area contributed by atoms with Crippen molar-refractivity contribution >= 4 is 10.0 Å². The van der Waals surface area contributed by atoms with Crippen molar-refractivity contribution in [3.63, 3.8) is 0 Å². The van der Waals surface area contributed by atoms with Gasteiger partial charge in [-0.15, -0.1) is 0 Å². The van der Waals surface area contributed by atoms with Crippen molar-refractivity contribution in [2.45, 2.75) is 24.8 Å². The van der Waals surface area contributed by atoms with E-state index in [2.05, 4.69) is 14.5 Å². The number of sulfonamides is 1. The van der Waals surface area contributed by atoms with Gasteiger partial charge in [-0.2, -0.15) is 4.31 Å². The van der Waals surface area contributed by atoms with Gasteiger partial charge in [0, 0.05) is 58.1 Å². The lowest BCUT2D eigenvalue weighted by Gasteiger charge is -2.34. The Morgan fingerprint density at radius 3 is 2.35 bits per heavy atom. The Morgan fingerprint density at radius 1 is 1.08 bits per heavy atom. The van der Waals surface area contributed by atoms with Gasteiger partial charge in [0.05, 0.1) is 0 Å². The molecule has 1 aliphatic heterocycles. The molecule has 0 bridgehead atoms. The Balaban J connectivity index is 1.61. The van der Waals surface area contributed by atoms with Gasteiger partial charge >= 0.3 is 0 Å². The molecule has 2 aromatic rings. The van der Waals surface area contributed by atoms with Crippen molar-refractivity contribution in [1.82, 2.24) is 18.8 Å². The van der Waals surface area contributed by atoms with Gasteiger partial charge in [-0.1, -0.05) is 13.0 Å². The van der Waals surface area contributed by atoms with Crippen molar-refractivity contribution in [3.8, 4) is 0 Å². The zero-order valence-corrected chi connectivity index (χ0v) is 15.4. The number of piperazine rings is 1. The van der Waals surface area contributed by atoms with Gasteiger partial charge in [-0.05, 0) is 12.1 Å². The van der Waals surface area contributed by atoms with Gasteiger partial charge in [0.25, 0.3) is 0 Å². The fourth-order valence-electron chi connectivity index (χ4n) is 3.16. The maximum absolute atomic E-state index is 13.9. The molecule has 0 saturated carbocycles. The van der Waals surface area contributed by atoms with E-state index in [1.807, 2.05) is 13.1 Å². The van der Waals surface area contributed by atoms with Gasteiger partial charge < -0.3 is 4.57 Å². The first kappa shape index (κ1) is 18.9. The smallest absolute Gasteiger partial charge is 0.249 e. The zero-order valence-electron chi connectivity index (χ0n) is 14.6. The summed E-state index contributed by atoms with van der Waals surface area (Å²) in [7, 11) is -4.17. The number of benzene rings is 1. The average Bonchev–Trinajstić information content (AvgIpc) is 3.07. The molecule has 0 atom stereocenters. The predicted octanol–water partition coefficient (Wildman–Crippen LogP) is 1.73. The molecule has 2 heterocycles. The summed E-state index contributed by atoms with van der Waals surface area (Å²) in [5, 5.41) is 0. The van der Waals surface area contributed by atoms with Crippen molar-refractivity contribution < 1.29 is 17.2 Å². The molecule has 6 nitrogen and oxygen atoms in total. The second-order valence-electron chi connectivity index (χ2n) is 6.19. The van der Waals surface area contributed by atoms with E-state index < -0.39 is 26.6 Å². The van der Waals surface area contributed by atoms with Crippen LogP contribution >= 0.6 is 0 Å². The molecular weight excluding hydrogens is 362 g/mol. The van der Waals surface area contributed by atoms with Gasteiger partial charge in [-0.3, -0.25) is 4.90 Å². The third-order valence-electron chi connectivity index (χ3n) is 4.62. The molecule has 26 heavy (non-hydrogen) atoms. The van der Waals surface area contributed by atoms with Crippen LogP contribution in [0.1, 0.15) is 12.7 Å². The van der Waals surface area contributed by atoms with Crippen molar-refractivity contribution in [2.24, 2.45) is 0 Å². The predicted molar refractivity (Wildman–Crippen MR) is 93.2 cm³/mol. The maximum atomic E-state index is 13.9. The molecule has 0 aliphatic carbocycles. The number of aromatic nitrogens is 2. The summed E-state index contributed by atoms with van der Waals surface area (Å²) in [5.41, 5.74) is 0. The highest BCUT2D eigenvalue weighted by Crippen LogP contribution is 2.23. The Bertz CT molecular complexity index is 841. The highest BCUT2D eigenvalue weighted by atomic mass is 32.2. The summed E-state index contributed by atoms with van der Waals surface area (Å²) in [5.74, 6) is -1.10. The first-order valence-corrected chi connectivity index (χ1v) is 10.0. The van der Waals surface area contributed by atoms with E-state index in [0.717, 1.165) is 47.8 Å². The van der Waals surface area contributed by atoms with Crippen LogP contribution in [-0.2, 0) is 23.0 Å². The largest absolute Gasteiger partial charge is 0.334 e. The molecule has 142 valence electrons. The van der Waals surface area contributed by atoms with Crippen LogP contribution in [0.2, 0.25) is 0 Å². The molecule has 1 saturated heterocycles. The fraction of sp³-hybridized carbons (Fsp3) is 0.471. The molecule has 9 heteroatoms. The van der Waals surface area contributed by atoms with Crippen LogP contribution in [0.15, 0.2) is 35.5 Å². The van der Waals surface area contributed by atoms with Crippen molar-refractivity contribution in [3.05, 3.63) is 48.1 Å². The number of halogens is 2. The van der Waals surface area contributed by atoms with Crippen LogP contribution in [0.25, 0.3) is 0 Å². The third-order valence-corrected chi connectivity index (χ3v) is 6.57. The van der Waals surface area contributed by atoms with Crippen molar-refractivity contribution in [1.29, 1.82) is 0 Å². The second kappa shape index (κ2) is 7.81. The van der Waals surface area contributed by atoms with Crippen LogP contribution in [0.5, 0.6) is 0 Å². The van der Waals surface area contributed by atoms with E-state index in [4.69, 9.17) is 0 Å². The van der Waals surface area contributed by atoms with E-state index in [0.29, 0.717) is 13.1 Å². The number of nitrogens with zero attached hydrogens (tertiary/aromatic N) is 4. The molecule has 0 radical (unpaired) electrons. The van der Waals surface area contributed by atoms with E-state index in [1.54, 1.807) is 6.20 Å². The lowest BCUT2D eigenvalue weighted by atomic mass is 10.3. The number of hydrogen-bond donors (Lipinski definition) is 0. The van der Waals surface area contributed by atoms with E-state index in [-0.39, 0.29) is 13.1 Å². The maximum Gasteiger partial charge on any atom is 0.249 e. The molecule has 1 aromatic heterocycles. The summed E-state index contributed by atoms with van der Waals surface area (Å²) in [6.45, 7) is 5.05. The minimum atomic E-state index is -4.17. The highest BCUT2D eigenvalue weighted by Gasteiger charge is 2.32. The van der Waals surface area contributed by atoms with Crippen LogP contribution in [0.3, 0.4) is 0 Å². The van der Waals surface area contributed by atoms with Gasteiger partial charge in [0.1, 0.15) is 17.5 Å². The topological polar surface area (TPSA) is 58.4 Å². The van der Waals surface area contributed by atoms with E-state index >= 15 is 0 Å². The summed E-state index contributed by atoms with van der Waals surface area (Å²) in [6.07, 6.45) is 4.56. The lowest BCUT2D eigenvalue weighted by Crippen LogP contribution is -2.49. The highest BCUT2D eigenvalue weighted by molar-refractivity contribution is 7.89. The number of rotatable bonds is 6. The quantitative estimate of drug-likeness (QED) is 0.761. The standard InChI is InChI=1S/C17H22F2N4O2S/c1-2-16-20-6-7-22(16)11-8-21-9-12-23(13-10-21)26(24,25)17-14(18)4-3-5-15(17)19/h3-7H,2,8-13H2,1H3. The minimum absolute atomic E-state index is 0.209. The molecule has 3 rings (SSSR count). The Hall–Kier alpha value is -1.84. The third kappa shape index (κ3) is 3.79. The molecule has 0 unspecified atom stereocenters. The second-order valence-corrected chi connectivity index (χ2v) is 8.06. The summed E-state index contributed by atoms with van der Waals surface area (Å²) in [4.78, 5) is 5.56. The molecule has 0 amide bonds. The van der Waals surface area contributed by atoms with E-state index in [1.165, 1.54) is 0 Å². The fourth-order valence-corrected chi connectivity index (χ4v) is 4.69. The summed E-state index contributed by atoms with van der Waals surface area (Å²) < 4.78 is 56.1. The molecular formula is C17H22F2N4O2S. The molecule has 1 aromatic carbocycles. The average molecular weight is 384 g/mol. The Morgan fingerprint density at radius 2 is 1.73 bits per heavy atom. The molecule has 1 fully saturated rings. The van der Waals surface area contributed by atoms with Crippen LogP contribution < -0.4 is 0 Å². The first-order chi connectivity index (χ1) is 12.4. The zero-order chi connectivity index (χ0) is 18.7. The number of hydrogen-bond acceptors (Lipinski definition) is 4. The summed E-state index contributed by atoms with van der Waals surface area (Å²) >= 11 is 0. The minimum Gasteiger partial charge on any atom is -0.334 e. The van der Waals surface area contributed by atoms with Crippen LogP contribution in [0.4, 0.5) is 8.78 Å². The van der Waals surface area contributed by atoms with Crippen molar-refractivity contribution in [2.75, 3.05) is 32.7 Å². The van der Waals surface area contributed by atoms with Gasteiger partial charge in [-0.25, -0.2) is 22.2 Å².